The van der Waals surface area contributed by atoms with E-state index in [1.165, 1.54) is 12.1 Å². The Bertz CT molecular complexity index is 916. The summed E-state index contributed by atoms with van der Waals surface area (Å²) in [5, 5.41) is 8.07. The minimum Gasteiger partial charge on any atom is -0.452 e. The Morgan fingerprint density at radius 3 is 2.40 bits per heavy atom. The maximum atomic E-state index is 12.1. The number of benzene rings is 2. The third-order valence-electron chi connectivity index (χ3n) is 2.95. The number of ether oxygens (including phenoxy) is 1. The molecule has 0 radical (unpaired) electrons. The molecule has 0 heterocycles. The number of carbonyl (C=O) groups excluding carboxylic acids is 2. The molecule has 10 heteroatoms. The van der Waals surface area contributed by atoms with E-state index in [-0.39, 0.29) is 10.5 Å². The van der Waals surface area contributed by atoms with Gasteiger partial charge in [-0.1, -0.05) is 11.6 Å². The lowest BCUT2D eigenvalue weighted by molar-refractivity contribution is -0.119. The van der Waals surface area contributed by atoms with Crippen molar-refractivity contribution in [3.05, 3.63) is 57.5 Å². The molecule has 25 heavy (non-hydrogen) atoms. The van der Waals surface area contributed by atoms with Crippen molar-refractivity contribution in [3.8, 4) is 0 Å². The first-order valence-electron chi connectivity index (χ1n) is 6.72. The van der Waals surface area contributed by atoms with Gasteiger partial charge in [-0.15, -0.1) is 0 Å². The molecule has 0 saturated heterocycles. The fourth-order valence-corrected chi connectivity index (χ4v) is 2.85. The first kappa shape index (κ1) is 19.4. The van der Waals surface area contributed by atoms with Crippen LogP contribution in [0, 0.1) is 0 Å². The number of primary sulfonamides is 1. The van der Waals surface area contributed by atoms with E-state index < -0.39 is 28.5 Å². The van der Waals surface area contributed by atoms with Crippen LogP contribution >= 0.6 is 27.5 Å². The third-order valence-corrected chi connectivity index (χ3v) is 4.80. The molecular weight excluding hydrogens is 436 g/mol. The molecule has 3 N–H and O–H groups in total. The van der Waals surface area contributed by atoms with Crippen LogP contribution in [0.15, 0.2) is 51.8 Å². The highest BCUT2D eigenvalue weighted by Crippen LogP contribution is 2.21. The Morgan fingerprint density at radius 1 is 1.16 bits per heavy atom. The molecule has 0 aromatic heterocycles. The van der Waals surface area contributed by atoms with Crippen LogP contribution in [0.25, 0.3) is 0 Å². The molecule has 0 aliphatic rings. The van der Waals surface area contributed by atoms with Crippen LogP contribution in [0.2, 0.25) is 5.02 Å². The number of hydrogen-bond donors (Lipinski definition) is 2. The lowest BCUT2D eigenvalue weighted by Crippen LogP contribution is -2.21. The number of hydrogen-bond acceptors (Lipinski definition) is 5. The molecule has 0 bridgehead atoms. The van der Waals surface area contributed by atoms with Crippen molar-refractivity contribution < 1.29 is 22.7 Å². The summed E-state index contributed by atoms with van der Waals surface area (Å²) >= 11 is 8.86. The van der Waals surface area contributed by atoms with Crippen molar-refractivity contribution in [1.29, 1.82) is 0 Å². The van der Waals surface area contributed by atoms with Crippen molar-refractivity contribution in [2.75, 3.05) is 11.9 Å². The van der Waals surface area contributed by atoms with Gasteiger partial charge in [0.1, 0.15) is 0 Å². The third kappa shape index (κ3) is 5.53. The zero-order valence-corrected chi connectivity index (χ0v) is 15.7. The minimum atomic E-state index is -3.97. The van der Waals surface area contributed by atoms with Crippen molar-refractivity contribution in [2.24, 2.45) is 5.14 Å². The molecule has 0 aliphatic heterocycles. The Morgan fingerprint density at radius 2 is 1.80 bits per heavy atom. The van der Waals surface area contributed by atoms with Crippen LogP contribution in [0.3, 0.4) is 0 Å². The molecular formula is C15H12BrClN2O5S. The van der Waals surface area contributed by atoms with Crippen LogP contribution in [0.1, 0.15) is 10.4 Å². The van der Waals surface area contributed by atoms with Crippen LogP contribution < -0.4 is 10.5 Å². The first-order chi connectivity index (χ1) is 11.7. The molecule has 132 valence electrons. The van der Waals surface area contributed by atoms with Gasteiger partial charge in [0.2, 0.25) is 10.0 Å². The average Bonchev–Trinajstić information content (AvgIpc) is 2.54. The minimum absolute atomic E-state index is 0.0641. The van der Waals surface area contributed by atoms with E-state index >= 15 is 0 Å². The summed E-state index contributed by atoms with van der Waals surface area (Å²) in [6.45, 7) is -0.548. The van der Waals surface area contributed by atoms with Gasteiger partial charge in [0.15, 0.2) is 6.61 Å². The molecule has 2 aromatic rings. The summed E-state index contributed by atoms with van der Waals surface area (Å²) < 4.78 is 27.9. The molecule has 0 spiro atoms. The highest BCUT2D eigenvalue weighted by atomic mass is 79.9. The molecule has 7 nitrogen and oxygen atoms in total. The number of nitrogens with two attached hydrogens (primary N) is 1. The summed E-state index contributed by atoms with van der Waals surface area (Å²) in [7, 11) is -3.97. The predicted molar refractivity (Wildman–Crippen MR) is 95.9 cm³/mol. The van der Waals surface area contributed by atoms with E-state index in [1.807, 2.05) is 0 Å². The van der Waals surface area contributed by atoms with Gasteiger partial charge in [0.05, 0.1) is 10.5 Å². The van der Waals surface area contributed by atoms with Gasteiger partial charge in [0, 0.05) is 15.2 Å². The Labute approximate surface area is 157 Å². The van der Waals surface area contributed by atoms with Crippen LogP contribution in [-0.4, -0.2) is 26.9 Å². The van der Waals surface area contributed by atoms with Gasteiger partial charge in [-0.2, -0.15) is 0 Å². The quantitative estimate of drug-likeness (QED) is 0.683. The zero-order valence-electron chi connectivity index (χ0n) is 12.5. The molecule has 2 aromatic carbocycles. The number of carbonyl (C=O) groups is 2. The number of nitrogens with one attached hydrogen (secondary N) is 1. The second-order valence-corrected chi connectivity index (χ2v) is 7.67. The van der Waals surface area contributed by atoms with Gasteiger partial charge in [-0.3, -0.25) is 4.79 Å². The highest BCUT2D eigenvalue weighted by Gasteiger charge is 2.17. The highest BCUT2D eigenvalue weighted by molar-refractivity contribution is 9.10. The van der Waals surface area contributed by atoms with Gasteiger partial charge in [0.25, 0.3) is 5.91 Å². The summed E-state index contributed by atoms with van der Waals surface area (Å²) in [4.78, 5) is 23.6. The van der Waals surface area contributed by atoms with Crippen molar-refractivity contribution >= 4 is 55.1 Å². The average molecular weight is 448 g/mol. The summed E-state index contributed by atoms with van der Waals surface area (Å²) in [6, 6.07) is 10.0. The number of sulfonamides is 1. The fraction of sp³-hybridized carbons (Fsp3) is 0.0667. The van der Waals surface area contributed by atoms with E-state index in [9.17, 15) is 18.0 Å². The molecule has 0 atom stereocenters. The second kappa shape index (κ2) is 7.96. The summed E-state index contributed by atoms with van der Waals surface area (Å²) in [5.41, 5.74) is 0.425. The number of esters is 1. The number of halogens is 2. The monoisotopic (exact) mass is 446 g/mol. The smallest absolute Gasteiger partial charge is 0.339 e. The molecule has 0 unspecified atom stereocenters. The normalized spacial score (nSPS) is 11.0. The Hall–Kier alpha value is -1.94. The van der Waals surface area contributed by atoms with Crippen LogP contribution in [-0.2, 0) is 19.6 Å². The van der Waals surface area contributed by atoms with E-state index in [0.29, 0.717) is 15.2 Å². The molecule has 2 rings (SSSR count). The SMILES string of the molecule is NS(=O)(=O)c1ccc(Br)c(C(=O)OCC(=O)Nc2ccc(Cl)cc2)c1. The lowest BCUT2D eigenvalue weighted by atomic mass is 10.2. The second-order valence-electron chi connectivity index (χ2n) is 4.82. The van der Waals surface area contributed by atoms with Crippen molar-refractivity contribution in [2.45, 2.75) is 4.90 Å². The van der Waals surface area contributed by atoms with Crippen LogP contribution in [0.4, 0.5) is 5.69 Å². The first-order valence-corrected chi connectivity index (χ1v) is 9.43. The summed E-state index contributed by atoms with van der Waals surface area (Å²) in [5.74, 6) is -1.43. The van der Waals surface area contributed by atoms with Crippen molar-refractivity contribution in [1.82, 2.24) is 0 Å². The van der Waals surface area contributed by atoms with Gasteiger partial charge in [-0.25, -0.2) is 18.4 Å². The fourth-order valence-electron chi connectivity index (χ4n) is 1.78. The Balaban J connectivity index is 2.02. The predicted octanol–water partition coefficient (Wildman–Crippen LogP) is 2.55. The van der Waals surface area contributed by atoms with E-state index in [0.717, 1.165) is 6.07 Å². The Kier molecular flexibility index (Phi) is 6.17. The van der Waals surface area contributed by atoms with E-state index in [4.69, 9.17) is 21.5 Å². The molecule has 0 aliphatic carbocycles. The van der Waals surface area contributed by atoms with Crippen LogP contribution in [0.5, 0.6) is 0 Å². The van der Waals surface area contributed by atoms with E-state index in [1.54, 1.807) is 24.3 Å². The standard InChI is InChI=1S/C15H12BrClN2O5S/c16-13-6-5-11(25(18,22)23)7-12(13)15(21)24-8-14(20)19-10-3-1-9(17)2-4-10/h1-7H,8H2,(H,19,20)(H2,18,22,23). The number of amides is 1. The number of anilines is 1. The maximum Gasteiger partial charge on any atom is 0.339 e. The number of rotatable bonds is 5. The largest absolute Gasteiger partial charge is 0.452 e. The van der Waals surface area contributed by atoms with E-state index in [2.05, 4.69) is 21.2 Å². The molecule has 0 saturated carbocycles. The van der Waals surface area contributed by atoms with Gasteiger partial charge in [-0.05, 0) is 58.4 Å². The maximum absolute atomic E-state index is 12.1. The topological polar surface area (TPSA) is 116 Å². The summed E-state index contributed by atoms with van der Waals surface area (Å²) in [6.07, 6.45) is 0. The van der Waals surface area contributed by atoms with Crippen molar-refractivity contribution in [3.63, 3.8) is 0 Å². The molecule has 1 amide bonds. The van der Waals surface area contributed by atoms with Gasteiger partial charge >= 0.3 is 5.97 Å². The lowest BCUT2D eigenvalue weighted by Gasteiger charge is -2.08. The zero-order chi connectivity index (χ0) is 18.6. The van der Waals surface area contributed by atoms with Gasteiger partial charge < -0.3 is 10.1 Å². The molecule has 0 fully saturated rings.